The van der Waals surface area contributed by atoms with Crippen molar-refractivity contribution in [2.45, 2.75) is 31.8 Å². The molecule has 0 spiro atoms. The van der Waals surface area contributed by atoms with E-state index in [0.29, 0.717) is 38.2 Å². The van der Waals surface area contributed by atoms with E-state index in [4.69, 9.17) is 4.74 Å². The monoisotopic (exact) mass is 508 g/mol. The van der Waals surface area contributed by atoms with Gasteiger partial charge in [-0.05, 0) is 79.6 Å². The fourth-order valence-electron chi connectivity index (χ4n) is 5.08. The predicted molar refractivity (Wildman–Crippen MR) is 136 cm³/mol. The van der Waals surface area contributed by atoms with Crippen molar-refractivity contribution in [2.24, 2.45) is 11.8 Å². The molecule has 1 aliphatic heterocycles. The molecule has 0 aliphatic carbocycles. The number of carboxylic acids is 1. The largest absolute Gasteiger partial charge is 0.497 e. The third-order valence-electron chi connectivity index (χ3n) is 7.04. The average molecular weight is 509 g/mol. The molecule has 37 heavy (non-hydrogen) atoms. The van der Waals surface area contributed by atoms with Crippen LogP contribution in [0.5, 0.6) is 5.75 Å². The van der Waals surface area contributed by atoms with Gasteiger partial charge in [0.05, 0.1) is 30.8 Å². The lowest BCUT2D eigenvalue weighted by Crippen LogP contribution is -2.41. The van der Waals surface area contributed by atoms with E-state index in [1.54, 1.807) is 19.4 Å². The molecule has 1 aromatic heterocycles. The van der Waals surface area contributed by atoms with Gasteiger partial charge in [0.1, 0.15) is 17.4 Å². The molecule has 2 N–H and O–H groups in total. The number of carbonyl (C=O) groups is 1. The number of benzene rings is 2. The minimum Gasteiger partial charge on any atom is -0.497 e. The zero-order valence-corrected chi connectivity index (χ0v) is 20.7. The topological polar surface area (TPSA) is 82.9 Å². The van der Waals surface area contributed by atoms with Crippen LogP contribution in [-0.4, -0.2) is 52.8 Å². The minimum absolute atomic E-state index is 0.0159. The Morgan fingerprint density at radius 2 is 2.00 bits per heavy atom. The predicted octanol–water partition coefficient (Wildman–Crippen LogP) is 4.80. The van der Waals surface area contributed by atoms with E-state index >= 15 is 0 Å². The van der Waals surface area contributed by atoms with Crippen molar-refractivity contribution >= 4 is 16.9 Å². The number of hydrogen-bond donors (Lipinski definition) is 2. The molecule has 6 nitrogen and oxygen atoms in total. The highest BCUT2D eigenvalue weighted by molar-refractivity contribution is 5.83. The Hall–Kier alpha value is -3.54. The number of nitrogens with zero attached hydrogens (tertiary/aromatic N) is 2. The summed E-state index contributed by atoms with van der Waals surface area (Å²) in [6.07, 6.45) is 2.89. The third-order valence-corrected chi connectivity index (χ3v) is 7.04. The van der Waals surface area contributed by atoms with Crippen LogP contribution < -0.4 is 4.74 Å². The van der Waals surface area contributed by atoms with E-state index in [-0.39, 0.29) is 23.8 Å². The summed E-state index contributed by atoms with van der Waals surface area (Å²) in [5.74, 6) is 3.83. The molecule has 1 saturated heterocycles. The number of carboxylic acid groups (broad SMARTS) is 1. The van der Waals surface area contributed by atoms with Crippen LogP contribution in [0.25, 0.3) is 10.9 Å². The van der Waals surface area contributed by atoms with Gasteiger partial charge in [0.15, 0.2) is 0 Å². The third kappa shape index (κ3) is 6.62. The number of hydrogen-bond acceptors (Lipinski definition) is 5. The van der Waals surface area contributed by atoms with Crippen molar-refractivity contribution in [1.29, 1.82) is 0 Å². The molecule has 194 valence electrons. The van der Waals surface area contributed by atoms with Crippen LogP contribution >= 0.6 is 0 Å². The molecule has 2 heterocycles. The second-order valence-electron chi connectivity index (χ2n) is 9.42. The Labute approximate surface area is 214 Å². The van der Waals surface area contributed by atoms with Crippen LogP contribution in [0.4, 0.5) is 8.78 Å². The summed E-state index contributed by atoms with van der Waals surface area (Å²) >= 11 is 0. The molecular formula is C29H30F2N2O4. The number of aliphatic carboxylic acids is 1. The molecule has 0 saturated carbocycles. The van der Waals surface area contributed by atoms with E-state index in [1.807, 2.05) is 23.1 Å². The van der Waals surface area contributed by atoms with Crippen molar-refractivity contribution in [3.05, 3.63) is 71.4 Å². The van der Waals surface area contributed by atoms with Gasteiger partial charge in [-0.3, -0.25) is 14.7 Å². The van der Waals surface area contributed by atoms with Crippen molar-refractivity contribution in [3.63, 3.8) is 0 Å². The van der Waals surface area contributed by atoms with Gasteiger partial charge in [-0.1, -0.05) is 17.9 Å². The van der Waals surface area contributed by atoms with E-state index in [1.165, 1.54) is 18.2 Å². The van der Waals surface area contributed by atoms with Crippen LogP contribution in [0, 0.1) is 35.3 Å². The van der Waals surface area contributed by atoms with E-state index < -0.39 is 23.7 Å². The van der Waals surface area contributed by atoms with Gasteiger partial charge >= 0.3 is 5.97 Å². The summed E-state index contributed by atoms with van der Waals surface area (Å²) < 4.78 is 33.0. The van der Waals surface area contributed by atoms with E-state index in [0.717, 1.165) is 22.9 Å². The second kappa shape index (κ2) is 12.1. The highest BCUT2D eigenvalue weighted by Gasteiger charge is 2.31. The normalized spacial score (nSPS) is 18.7. The van der Waals surface area contributed by atoms with Gasteiger partial charge in [-0.2, -0.15) is 0 Å². The van der Waals surface area contributed by atoms with Gasteiger partial charge in [-0.15, -0.1) is 0 Å². The molecule has 1 aliphatic rings. The number of aliphatic hydroxyl groups is 1. The maximum absolute atomic E-state index is 13.8. The van der Waals surface area contributed by atoms with Crippen LogP contribution in [0.1, 0.15) is 42.9 Å². The van der Waals surface area contributed by atoms with Crippen LogP contribution in [0.15, 0.2) is 48.7 Å². The van der Waals surface area contributed by atoms with Gasteiger partial charge in [0, 0.05) is 24.5 Å². The number of aromatic nitrogens is 1. The molecule has 3 aromatic rings. The zero-order chi connectivity index (χ0) is 26.4. The van der Waals surface area contributed by atoms with Crippen molar-refractivity contribution < 1.29 is 28.5 Å². The van der Waals surface area contributed by atoms with Crippen molar-refractivity contribution in [1.82, 2.24) is 9.88 Å². The number of pyridine rings is 1. The number of halogens is 2. The summed E-state index contributed by atoms with van der Waals surface area (Å²) in [5.41, 5.74) is 1.28. The van der Waals surface area contributed by atoms with Gasteiger partial charge in [0.2, 0.25) is 0 Å². The van der Waals surface area contributed by atoms with E-state index in [2.05, 4.69) is 16.8 Å². The zero-order valence-electron chi connectivity index (χ0n) is 20.7. The summed E-state index contributed by atoms with van der Waals surface area (Å²) in [4.78, 5) is 18.0. The lowest BCUT2D eigenvalue weighted by atomic mass is 9.79. The molecule has 0 bridgehead atoms. The first-order valence-corrected chi connectivity index (χ1v) is 12.3. The summed E-state index contributed by atoms with van der Waals surface area (Å²) in [5, 5.41) is 21.3. The smallest absolute Gasteiger partial charge is 0.303 e. The molecule has 3 atom stereocenters. The highest BCUT2D eigenvalue weighted by Crippen LogP contribution is 2.34. The van der Waals surface area contributed by atoms with Crippen LogP contribution in [0.3, 0.4) is 0 Å². The first-order chi connectivity index (χ1) is 17.9. The minimum atomic E-state index is -0.871. The number of likely N-dealkylation sites (tertiary alicyclic amines) is 1. The summed E-state index contributed by atoms with van der Waals surface area (Å²) in [6, 6.07) is 11.0. The molecule has 0 amide bonds. The Morgan fingerprint density at radius 1 is 1.22 bits per heavy atom. The fourth-order valence-corrected chi connectivity index (χ4v) is 5.08. The molecular weight excluding hydrogens is 478 g/mol. The van der Waals surface area contributed by atoms with Crippen molar-refractivity contribution in [3.8, 4) is 17.6 Å². The number of rotatable bonds is 8. The Kier molecular flexibility index (Phi) is 8.70. The molecule has 0 radical (unpaired) electrons. The average Bonchev–Trinajstić information content (AvgIpc) is 2.88. The van der Waals surface area contributed by atoms with Gasteiger partial charge in [-0.25, -0.2) is 8.78 Å². The maximum Gasteiger partial charge on any atom is 0.303 e. The number of ether oxygens (including phenoxy) is 1. The molecule has 1 fully saturated rings. The lowest BCUT2D eigenvalue weighted by Gasteiger charge is -2.37. The number of piperidine rings is 1. The maximum atomic E-state index is 13.8. The summed E-state index contributed by atoms with van der Waals surface area (Å²) in [7, 11) is 1.59. The quantitative estimate of drug-likeness (QED) is 0.426. The first-order valence-electron chi connectivity index (χ1n) is 12.3. The number of methoxy groups -OCH3 is 1. The summed E-state index contributed by atoms with van der Waals surface area (Å²) in [6.45, 7) is 1.52. The van der Waals surface area contributed by atoms with E-state index in [9.17, 15) is 23.8 Å². The number of aliphatic hydroxyl groups excluding tert-OH is 1. The molecule has 4 rings (SSSR count). The molecule has 8 heteroatoms. The molecule has 2 aromatic carbocycles. The first kappa shape index (κ1) is 26.5. The fraction of sp³-hybridized carbons (Fsp3) is 0.379. The van der Waals surface area contributed by atoms with Gasteiger partial charge in [0.25, 0.3) is 0 Å². The van der Waals surface area contributed by atoms with Crippen LogP contribution in [-0.2, 0) is 4.79 Å². The Bertz CT molecular complexity index is 1300. The number of fused-ring (bicyclic) bond motifs is 1. The van der Waals surface area contributed by atoms with Crippen molar-refractivity contribution in [2.75, 3.05) is 26.7 Å². The molecule has 0 unspecified atom stereocenters. The van der Waals surface area contributed by atoms with Crippen LogP contribution in [0.2, 0.25) is 0 Å². The standard InChI is InChI=1S/C29H30F2N2O4/c1-37-21-8-9-27-24(17-21)22(11-13-32-27)28(34)10-7-19-12-15-33(18-20(19)16-29(35)36)14-3-4-23-25(30)5-2-6-26(23)31/h2,5-6,8-9,11,13,17,19-20,28,34H,7,10,12,14-16,18H2,1H3,(H,35,36)/t19-,20+,28-/m1/s1. The Balaban J connectivity index is 1.40. The van der Waals surface area contributed by atoms with Gasteiger partial charge < -0.3 is 14.9 Å². The second-order valence-corrected chi connectivity index (χ2v) is 9.42. The lowest BCUT2D eigenvalue weighted by molar-refractivity contribution is -0.139. The highest BCUT2D eigenvalue weighted by atomic mass is 19.1. The Morgan fingerprint density at radius 3 is 2.73 bits per heavy atom. The SMILES string of the molecule is COc1ccc2nccc([C@H](O)CC[C@@H]3CCN(CC#Cc4c(F)cccc4F)C[C@@H]3CC(=O)O)c2c1.